The molecule has 1 aliphatic carbocycles. The summed E-state index contributed by atoms with van der Waals surface area (Å²) >= 11 is 7.38. The van der Waals surface area contributed by atoms with E-state index in [2.05, 4.69) is 5.32 Å². The monoisotopic (exact) mass is 348 g/mol. The Morgan fingerprint density at radius 3 is 2.74 bits per heavy atom. The number of anilines is 1. The van der Waals surface area contributed by atoms with Gasteiger partial charge in [-0.1, -0.05) is 17.7 Å². The number of thiophene rings is 1. The molecule has 1 heterocycles. The first-order valence-corrected chi connectivity index (χ1v) is 8.63. The Morgan fingerprint density at radius 2 is 2.09 bits per heavy atom. The molecule has 1 fully saturated rings. The lowest BCUT2D eigenvalue weighted by molar-refractivity contribution is -0.117. The van der Waals surface area contributed by atoms with E-state index in [1.807, 2.05) is 12.1 Å². The van der Waals surface area contributed by atoms with Gasteiger partial charge >= 0.3 is 0 Å². The van der Waals surface area contributed by atoms with Gasteiger partial charge in [-0.15, -0.1) is 11.3 Å². The number of hydrogen-bond acceptors (Lipinski definition) is 3. The van der Waals surface area contributed by atoms with Crippen LogP contribution in [0.25, 0.3) is 0 Å². The number of halogens is 1. The van der Waals surface area contributed by atoms with Gasteiger partial charge in [0.05, 0.1) is 10.9 Å². The predicted octanol–water partition coefficient (Wildman–Crippen LogP) is 4.02. The van der Waals surface area contributed by atoms with Gasteiger partial charge in [0.1, 0.15) is 0 Å². The smallest absolute Gasteiger partial charge is 0.253 e. The molecule has 2 aromatic rings. The molecule has 0 atom stereocenters. The average molecular weight is 349 g/mol. The van der Waals surface area contributed by atoms with E-state index in [0.717, 1.165) is 17.7 Å². The number of rotatable bonds is 5. The van der Waals surface area contributed by atoms with Crippen LogP contribution in [0, 0.1) is 5.92 Å². The number of nitrogens with one attached hydrogen (secondary N) is 1. The van der Waals surface area contributed by atoms with Gasteiger partial charge in [0, 0.05) is 29.1 Å². The van der Waals surface area contributed by atoms with Crippen molar-refractivity contribution < 1.29 is 9.59 Å². The molecule has 1 aromatic carbocycles. The second kappa shape index (κ2) is 6.72. The van der Waals surface area contributed by atoms with Gasteiger partial charge in [-0.2, -0.15) is 0 Å². The molecule has 1 saturated carbocycles. The highest BCUT2D eigenvalue weighted by molar-refractivity contribution is 7.16. The van der Waals surface area contributed by atoms with Crippen molar-refractivity contribution in [3.8, 4) is 0 Å². The number of amides is 2. The summed E-state index contributed by atoms with van der Waals surface area (Å²) in [6.45, 7) is 0.509. The fourth-order valence-electron chi connectivity index (χ4n) is 2.28. The molecule has 0 radical (unpaired) electrons. The maximum Gasteiger partial charge on any atom is 0.253 e. The molecular formula is C17H17ClN2O2S. The van der Waals surface area contributed by atoms with E-state index in [1.54, 1.807) is 36.2 Å². The Kier molecular flexibility index (Phi) is 4.68. The molecule has 1 aromatic heterocycles. The van der Waals surface area contributed by atoms with Crippen LogP contribution in [0.5, 0.6) is 0 Å². The van der Waals surface area contributed by atoms with Crippen molar-refractivity contribution in [2.75, 3.05) is 12.4 Å². The van der Waals surface area contributed by atoms with Crippen LogP contribution in [0.4, 0.5) is 5.69 Å². The normalized spacial score (nSPS) is 13.7. The summed E-state index contributed by atoms with van der Waals surface area (Å²) in [5, 5.41) is 2.87. The van der Waals surface area contributed by atoms with Crippen LogP contribution in [0.15, 0.2) is 36.4 Å². The Hall–Kier alpha value is -1.85. The first-order chi connectivity index (χ1) is 11.0. The number of carbonyl (C=O) groups is 2. The van der Waals surface area contributed by atoms with Crippen LogP contribution in [0.3, 0.4) is 0 Å². The second-order valence-electron chi connectivity index (χ2n) is 5.71. The number of hydrogen-bond donors (Lipinski definition) is 1. The summed E-state index contributed by atoms with van der Waals surface area (Å²) in [6.07, 6.45) is 1.91. The molecule has 1 N–H and O–H groups in total. The fraction of sp³-hybridized carbons (Fsp3) is 0.294. The molecule has 2 amide bonds. The zero-order chi connectivity index (χ0) is 16.4. The Bertz CT molecular complexity index is 740. The average Bonchev–Trinajstić information content (AvgIpc) is 3.30. The van der Waals surface area contributed by atoms with E-state index in [9.17, 15) is 9.59 Å². The maximum absolute atomic E-state index is 12.5. The highest BCUT2D eigenvalue weighted by Crippen LogP contribution is 2.30. The van der Waals surface area contributed by atoms with Crippen LogP contribution in [-0.4, -0.2) is 23.8 Å². The molecule has 6 heteroatoms. The SMILES string of the molecule is CN(Cc1ccc(Cl)s1)C(=O)c1cccc(NC(=O)C2CC2)c1. The molecule has 0 bridgehead atoms. The molecule has 1 aliphatic rings. The molecule has 3 rings (SSSR count). The van der Waals surface area contributed by atoms with Crippen molar-refractivity contribution in [1.82, 2.24) is 4.90 Å². The van der Waals surface area contributed by atoms with Gasteiger partial charge < -0.3 is 10.2 Å². The van der Waals surface area contributed by atoms with Gasteiger partial charge in [-0.25, -0.2) is 0 Å². The van der Waals surface area contributed by atoms with Gasteiger partial charge in [0.25, 0.3) is 5.91 Å². The van der Waals surface area contributed by atoms with Crippen LogP contribution in [-0.2, 0) is 11.3 Å². The maximum atomic E-state index is 12.5. The topological polar surface area (TPSA) is 49.4 Å². The third-order valence-electron chi connectivity index (χ3n) is 3.69. The number of carbonyl (C=O) groups excluding carboxylic acids is 2. The van der Waals surface area contributed by atoms with Crippen molar-refractivity contribution in [3.05, 3.63) is 51.2 Å². The number of nitrogens with zero attached hydrogens (tertiary/aromatic N) is 1. The van der Waals surface area contributed by atoms with E-state index in [4.69, 9.17) is 11.6 Å². The van der Waals surface area contributed by atoms with Gasteiger partial charge in [0.2, 0.25) is 5.91 Å². The summed E-state index contributed by atoms with van der Waals surface area (Å²) in [4.78, 5) is 27.0. The second-order valence-corrected chi connectivity index (χ2v) is 7.51. The van der Waals surface area contributed by atoms with Crippen LogP contribution in [0.2, 0.25) is 4.34 Å². The third kappa shape index (κ3) is 4.12. The molecule has 120 valence electrons. The lowest BCUT2D eigenvalue weighted by Crippen LogP contribution is -2.26. The van der Waals surface area contributed by atoms with Crippen molar-refractivity contribution in [2.45, 2.75) is 19.4 Å². The first kappa shape index (κ1) is 16.0. The highest BCUT2D eigenvalue weighted by Gasteiger charge is 2.29. The molecule has 0 spiro atoms. The molecular weight excluding hydrogens is 332 g/mol. The largest absolute Gasteiger partial charge is 0.337 e. The molecule has 0 saturated heterocycles. The lowest BCUT2D eigenvalue weighted by Gasteiger charge is -2.17. The summed E-state index contributed by atoms with van der Waals surface area (Å²) in [7, 11) is 1.76. The zero-order valence-corrected chi connectivity index (χ0v) is 14.3. The van der Waals surface area contributed by atoms with Crippen molar-refractivity contribution in [3.63, 3.8) is 0 Å². The lowest BCUT2D eigenvalue weighted by atomic mass is 10.1. The van der Waals surface area contributed by atoms with E-state index in [0.29, 0.717) is 22.1 Å². The van der Waals surface area contributed by atoms with E-state index >= 15 is 0 Å². The zero-order valence-electron chi connectivity index (χ0n) is 12.7. The Balaban J connectivity index is 1.67. The quantitative estimate of drug-likeness (QED) is 0.887. The van der Waals surface area contributed by atoms with Gasteiger partial charge in [-0.05, 0) is 43.2 Å². The highest BCUT2D eigenvalue weighted by atomic mass is 35.5. The summed E-state index contributed by atoms with van der Waals surface area (Å²) < 4.78 is 0.714. The van der Waals surface area contributed by atoms with Crippen LogP contribution < -0.4 is 5.32 Å². The summed E-state index contributed by atoms with van der Waals surface area (Å²) in [5.74, 6) is 0.0915. The molecule has 23 heavy (non-hydrogen) atoms. The van der Waals surface area contributed by atoms with Gasteiger partial charge in [0.15, 0.2) is 0 Å². The Labute approximate surface area is 144 Å². The number of benzene rings is 1. The summed E-state index contributed by atoms with van der Waals surface area (Å²) in [6, 6.07) is 10.8. The van der Waals surface area contributed by atoms with Crippen molar-refractivity contribution in [1.29, 1.82) is 0 Å². The van der Waals surface area contributed by atoms with Crippen molar-refractivity contribution >= 4 is 40.4 Å². The predicted molar refractivity (Wildman–Crippen MR) is 92.9 cm³/mol. The summed E-state index contributed by atoms with van der Waals surface area (Å²) in [5.41, 5.74) is 1.23. The fourth-order valence-corrected chi connectivity index (χ4v) is 3.42. The Morgan fingerprint density at radius 1 is 1.30 bits per heavy atom. The molecule has 4 nitrogen and oxygen atoms in total. The van der Waals surface area contributed by atoms with Crippen LogP contribution in [0.1, 0.15) is 28.1 Å². The third-order valence-corrected chi connectivity index (χ3v) is 4.91. The van der Waals surface area contributed by atoms with Crippen molar-refractivity contribution in [2.24, 2.45) is 5.92 Å². The van der Waals surface area contributed by atoms with Gasteiger partial charge in [-0.3, -0.25) is 9.59 Å². The molecule has 0 unspecified atom stereocenters. The van der Waals surface area contributed by atoms with E-state index < -0.39 is 0 Å². The van der Waals surface area contributed by atoms with E-state index in [1.165, 1.54) is 11.3 Å². The standard InChI is InChI=1S/C17H17ClN2O2S/c1-20(10-14-7-8-15(18)23-14)17(22)12-3-2-4-13(9-12)19-16(21)11-5-6-11/h2-4,7-9,11H,5-6,10H2,1H3,(H,19,21). The molecule has 0 aliphatic heterocycles. The van der Waals surface area contributed by atoms with E-state index in [-0.39, 0.29) is 17.7 Å². The van der Waals surface area contributed by atoms with Crippen LogP contribution >= 0.6 is 22.9 Å². The minimum atomic E-state index is -0.0861. The minimum Gasteiger partial charge on any atom is -0.337 e. The first-order valence-electron chi connectivity index (χ1n) is 7.43. The minimum absolute atomic E-state index is 0.0381.